The lowest BCUT2D eigenvalue weighted by molar-refractivity contribution is -0.138. The van der Waals surface area contributed by atoms with E-state index >= 15 is 0 Å². The number of halogens is 2. The average molecular weight is 447 g/mol. The van der Waals surface area contributed by atoms with E-state index in [2.05, 4.69) is 20.9 Å². The zero-order valence-corrected chi connectivity index (χ0v) is 16.4. The molecule has 1 atom stereocenters. The Morgan fingerprint density at radius 3 is 2.71 bits per heavy atom. The van der Waals surface area contributed by atoms with E-state index in [0.29, 0.717) is 15.4 Å². The summed E-state index contributed by atoms with van der Waals surface area (Å²) in [6.07, 6.45) is 1.27. The van der Waals surface area contributed by atoms with E-state index in [1.165, 1.54) is 31.6 Å². The SMILES string of the molecule is CN(C(=O)Cn1cnc2ccc(Br)cc2c1=O)C(C(N)=O)c1cccc(F)c1. The molecule has 3 aromatic rings. The number of hydrogen-bond donors (Lipinski definition) is 1. The van der Waals surface area contributed by atoms with Gasteiger partial charge >= 0.3 is 0 Å². The van der Waals surface area contributed by atoms with Crippen molar-refractivity contribution in [3.63, 3.8) is 0 Å². The molecule has 0 spiro atoms. The number of carbonyl (C=O) groups excluding carboxylic acids is 2. The highest BCUT2D eigenvalue weighted by Gasteiger charge is 2.27. The van der Waals surface area contributed by atoms with Crippen LogP contribution in [0.3, 0.4) is 0 Å². The van der Waals surface area contributed by atoms with Gasteiger partial charge in [0.15, 0.2) is 0 Å². The average Bonchev–Trinajstić information content (AvgIpc) is 2.64. The van der Waals surface area contributed by atoms with Crippen molar-refractivity contribution < 1.29 is 14.0 Å². The van der Waals surface area contributed by atoms with Crippen molar-refractivity contribution in [1.82, 2.24) is 14.5 Å². The van der Waals surface area contributed by atoms with Gasteiger partial charge in [0, 0.05) is 11.5 Å². The summed E-state index contributed by atoms with van der Waals surface area (Å²) in [5.41, 5.74) is 5.78. The zero-order valence-electron chi connectivity index (χ0n) is 14.8. The second-order valence-electron chi connectivity index (χ2n) is 6.20. The van der Waals surface area contributed by atoms with Crippen LogP contribution in [0.15, 0.2) is 58.1 Å². The molecule has 28 heavy (non-hydrogen) atoms. The summed E-state index contributed by atoms with van der Waals surface area (Å²) < 4.78 is 15.4. The molecule has 1 heterocycles. The van der Waals surface area contributed by atoms with Crippen molar-refractivity contribution in [2.75, 3.05) is 7.05 Å². The molecule has 144 valence electrons. The Morgan fingerprint density at radius 2 is 2.04 bits per heavy atom. The van der Waals surface area contributed by atoms with Crippen molar-refractivity contribution in [2.45, 2.75) is 12.6 Å². The Morgan fingerprint density at radius 1 is 1.29 bits per heavy atom. The van der Waals surface area contributed by atoms with Crippen molar-refractivity contribution in [2.24, 2.45) is 5.73 Å². The van der Waals surface area contributed by atoms with Gasteiger partial charge in [-0.1, -0.05) is 28.1 Å². The summed E-state index contributed by atoms with van der Waals surface area (Å²) in [6, 6.07) is 9.19. The molecule has 2 aromatic carbocycles. The van der Waals surface area contributed by atoms with Crippen molar-refractivity contribution >= 4 is 38.6 Å². The molecule has 0 aliphatic rings. The summed E-state index contributed by atoms with van der Waals surface area (Å²) >= 11 is 3.30. The Hall–Kier alpha value is -3.07. The molecule has 9 heteroatoms. The lowest BCUT2D eigenvalue weighted by atomic mass is 10.0. The molecule has 0 saturated heterocycles. The molecule has 3 rings (SSSR count). The van der Waals surface area contributed by atoms with Crippen LogP contribution in [0.1, 0.15) is 11.6 Å². The lowest BCUT2D eigenvalue weighted by Gasteiger charge is -2.26. The molecular formula is C19H16BrFN4O3. The van der Waals surface area contributed by atoms with Gasteiger partial charge in [-0.2, -0.15) is 0 Å². The van der Waals surface area contributed by atoms with Gasteiger partial charge in [-0.3, -0.25) is 19.0 Å². The number of benzene rings is 2. The second-order valence-corrected chi connectivity index (χ2v) is 7.12. The maximum atomic E-state index is 13.5. The number of hydrogen-bond acceptors (Lipinski definition) is 4. The number of rotatable bonds is 5. The first-order valence-electron chi connectivity index (χ1n) is 8.23. The molecule has 0 radical (unpaired) electrons. The van der Waals surface area contributed by atoms with Crippen LogP contribution in [-0.2, 0) is 16.1 Å². The molecule has 7 nitrogen and oxygen atoms in total. The van der Waals surface area contributed by atoms with Crippen LogP contribution in [0.4, 0.5) is 4.39 Å². The first kappa shape index (κ1) is 19.7. The van der Waals surface area contributed by atoms with Gasteiger partial charge in [-0.05, 0) is 35.9 Å². The monoisotopic (exact) mass is 446 g/mol. The van der Waals surface area contributed by atoms with Crippen molar-refractivity contribution in [3.05, 3.63) is 75.0 Å². The van der Waals surface area contributed by atoms with E-state index in [-0.39, 0.29) is 12.1 Å². The van der Waals surface area contributed by atoms with Gasteiger partial charge in [-0.15, -0.1) is 0 Å². The van der Waals surface area contributed by atoms with E-state index in [4.69, 9.17) is 5.73 Å². The third kappa shape index (κ3) is 3.94. The standard InChI is InChI=1S/C19H16BrFN4O3/c1-24(17(18(22)27)11-3-2-4-13(21)7-11)16(26)9-25-10-23-15-6-5-12(20)8-14(15)19(25)28/h2-8,10,17H,9H2,1H3,(H2,22,27). The summed E-state index contributed by atoms with van der Waals surface area (Å²) in [5.74, 6) is -1.91. The number of primary amides is 1. The number of amides is 2. The molecule has 1 unspecified atom stereocenters. The molecule has 1 aromatic heterocycles. The number of carbonyl (C=O) groups is 2. The first-order chi connectivity index (χ1) is 13.3. The highest BCUT2D eigenvalue weighted by molar-refractivity contribution is 9.10. The predicted octanol–water partition coefficient (Wildman–Crippen LogP) is 1.98. The molecule has 0 aliphatic heterocycles. The number of nitrogens with zero attached hydrogens (tertiary/aromatic N) is 3. The largest absolute Gasteiger partial charge is 0.368 e. The maximum absolute atomic E-state index is 13.5. The fraction of sp³-hybridized carbons (Fsp3) is 0.158. The number of fused-ring (bicyclic) bond motifs is 1. The van der Waals surface area contributed by atoms with Crippen LogP contribution in [-0.4, -0.2) is 33.3 Å². The molecule has 0 bridgehead atoms. The third-order valence-corrected chi connectivity index (χ3v) is 4.80. The van der Waals surface area contributed by atoms with Crippen LogP contribution >= 0.6 is 15.9 Å². The second kappa shape index (κ2) is 7.89. The number of nitrogens with two attached hydrogens (primary N) is 1. The summed E-state index contributed by atoms with van der Waals surface area (Å²) in [6.45, 7) is -0.343. The Balaban J connectivity index is 1.91. The van der Waals surface area contributed by atoms with Gasteiger partial charge in [0.25, 0.3) is 5.56 Å². The smallest absolute Gasteiger partial charge is 0.261 e. The number of likely N-dealkylation sites (N-methyl/N-ethyl adjacent to an activating group) is 1. The molecule has 0 saturated carbocycles. The van der Waals surface area contributed by atoms with Crippen LogP contribution in [0.5, 0.6) is 0 Å². The van der Waals surface area contributed by atoms with Crippen molar-refractivity contribution in [3.8, 4) is 0 Å². The summed E-state index contributed by atoms with van der Waals surface area (Å²) in [4.78, 5) is 42.5. The van der Waals surface area contributed by atoms with Crippen molar-refractivity contribution in [1.29, 1.82) is 0 Å². The van der Waals surface area contributed by atoms with Gasteiger partial charge < -0.3 is 10.6 Å². The van der Waals surface area contributed by atoms with Crippen LogP contribution in [0.25, 0.3) is 10.9 Å². The van der Waals surface area contributed by atoms with E-state index in [1.54, 1.807) is 18.2 Å². The summed E-state index contributed by atoms with van der Waals surface area (Å²) in [5, 5.41) is 0.351. The van der Waals surface area contributed by atoms with Crippen LogP contribution < -0.4 is 11.3 Å². The highest BCUT2D eigenvalue weighted by Crippen LogP contribution is 2.20. The quantitative estimate of drug-likeness (QED) is 0.647. The molecule has 2 amide bonds. The predicted molar refractivity (Wildman–Crippen MR) is 105 cm³/mol. The molecule has 0 aliphatic carbocycles. The minimum Gasteiger partial charge on any atom is -0.368 e. The maximum Gasteiger partial charge on any atom is 0.261 e. The molecule has 2 N–H and O–H groups in total. The van der Waals surface area contributed by atoms with Gasteiger partial charge in [0.2, 0.25) is 11.8 Å². The van der Waals surface area contributed by atoms with E-state index in [1.807, 2.05) is 0 Å². The minimum atomic E-state index is -1.17. The first-order valence-corrected chi connectivity index (χ1v) is 9.02. The van der Waals surface area contributed by atoms with Gasteiger partial charge in [-0.25, -0.2) is 9.37 Å². The highest BCUT2D eigenvalue weighted by atomic mass is 79.9. The van der Waals surface area contributed by atoms with E-state index in [0.717, 1.165) is 15.5 Å². The van der Waals surface area contributed by atoms with Gasteiger partial charge in [0.05, 0.1) is 17.2 Å². The Labute approximate surface area is 167 Å². The molecule has 0 fully saturated rings. The normalized spacial score (nSPS) is 12.0. The molecular weight excluding hydrogens is 431 g/mol. The van der Waals surface area contributed by atoms with E-state index < -0.39 is 29.2 Å². The van der Waals surface area contributed by atoms with E-state index in [9.17, 15) is 18.8 Å². The third-order valence-electron chi connectivity index (χ3n) is 4.31. The Kier molecular flexibility index (Phi) is 5.55. The Bertz CT molecular complexity index is 1130. The van der Waals surface area contributed by atoms with Crippen LogP contribution in [0, 0.1) is 5.82 Å². The number of aromatic nitrogens is 2. The minimum absolute atomic E-state index is 0.247. The fourth-order valence-corrected chi connectivity index (χ4v) is 3.26. The van der Waals surface area contributed by atoms with Gasteiger partial charge in [0.1, 0.15) is 18.4 Å². The fourth-order valence-electron chi connectivity index (χ4n) is 2.90. The van der Waals surface area contributed by atoms with Crippen LogP contribution in [0.2, 0.25) is 0 Å². The topological polar surface area (TPSA) is 98.3 Å². The zero-order chi connectivity index (χ0) is 20.4. The lowest BCUT2D eigenvalue weighted by Crippen LogP contribution is -2.41. The summed E-state index contributed by atoms with van der Waals surface area (Å²) in [7, 11) is 1.37.